The standard InChI is InChI=1S/C22H35N3O2/c1-16(2)22(24-14-21(27)25(4)15-20(26)23-3)19-12-10-18(11-13-19)17-8-6-5-7-9-17/h10-13,16-17,22,24H,5-9,14-15H2,1-4H3,(H,23,26)/p+1/t22-/m0/s1. The van der Waals surface area contributed by atoms with E-state index in [2.05, 4.69) is 48.7 Å². The molecule has 3 N–H and O–H groups in total. The number of hydrogen-bond acceptors (Lipinski definition) is 2. The number of benzene rings is 1. The van der Waals surface area contributed by atoms with Crippen molar-refractivity contribution >= 4 is 11.8 Å². The van der Waals surface area contributed by atoms with Crippen LogP contribution in [0.5, 0.6) is 0 Å². The van der Waals surface area contributed by atoms with E-state index in [4.69, 9.17) is 0 Å². The van der Waals surface area contributed by atoms with E-state index in [9.17, 15) is 9.59 Å². The summed E-state index contributed by atoms with van der Waals surface area (Å²) < 4.78 is 0. The van der Waals surface area contributed by atoms with Crippen molar-refractivity contribution in [3.8, 4) is 0 Å². The molecule has 1 aliphatic rings. The Hall–Kier alpha value is -1.88. The molecule has 150 valence electrons. The summed E-state index contributed by atoms with van der Waals surface area (Å²) in [5.41, 5.74) is 2.73. The third-order valence-corrected chi connectivity index (χ3v) is 5.75. The molecule has 1 fully saturated rings. The van der Waals surface area contributed by atoms with E-state index in [1.807, 2.05) is 0 Å². The van der Waals surface area contributed by atoms with Crippen LogP contribution < -0.4 is 10.6 Å². The molecule has 1 atom stereocenters. The monoisotopic (exact) mass is 374 g/mol. The van der Waals surface area contributed by atoms with Gasteiger partial charge < -0.3 is 15.5 Å². The molecule has 0 unspecified atom stereocenters. The average Bonchev–Trinajstić information content (AvgIpc) is 2.68. The van der Waals surface area contributed by atoms with Crippen LogP contribution in [0.4, 0.5) is 0 Å². The van der Waals surface area contributed by atoms with E-state index in [1.165, 1.54) is 48.1 Å². The van der Waals surface area contributed by atoms with Gasteiger partial charge in [0.15, 0.2) is 6.54 Å². The van der Waals surface area contributed by atoms with Crippen LogP contribution >= 0.6 is 0 Å². The van der Waals surface area contributed by atoms with Crippen LogP contribution in [0.2, 0.25) is 0 Å². The zero-order valence-electron chi connectivity index (χ0n) is 17.3. The summed E-state index contributed by atoms with van der Waals surface area (Å²) in [6, 6.07) is 9.29. The molecule has 0 radical (unpaired) electrons. The maximum Gasteiger partial charge on any atom is 0.277 e. The number of nitrogens with two attached hydrogens (primary N) is 1. The van der Waals surface area contributed by atoms with Gasteiger partial charge in [0.05, 0.1) is 6.54 Å². The molecule has 5 heteroatoms. The van der Waals surface area contributed by atoms with Gasteiger partial charge in [-0.3, -0.25) is 9.59 Å². The molecule has 0 spiro atoms. The van der Waals surface area contributed by atoms with Crippen molar-refractivity contribution < 1.29 is 14.9 Å². The van der Waals surface area contributed by atoms with Crippen LogP contribution in [0.25, 0.3) is 0 Å². The number of carbonyl (C=O) groups excluding carboxylic acids is 2. The second kappa shape index (κ2) is 10.5. The maximum atomic E-state index is 12.3. The Kier molecular flexibility index (Phi) is 8.29. The van der Waals surface area contributed by atoms with Gasteiger partial charge in [-0.25, -0.2) is 0 Å². The fourth-order valence-corrected chi connectivity index (χ4v) is 3.99. The lowest BCUT2D eigenvalue weighted by molar-refractivity contribution is -0.692. The first kappa shape index (κ1) is 21.4. The molecule has 2 amide bonds. The first-order valence-corrected chi connectivity index (χ1v) is 10.3. The molecular formula is C22H36N3O2+. The van der Waals surface area contributed by atoms with Crippen molar-refractivity contribution in [1.29, 1.82) is 0 Å². The van der Waals surface area contributed by atoms with Crippen molar-refractivity contribution in [3.05, 3.63) is 35.4 Å². The van der Waals surface area contributed by atoms with Gasteiger partial charge >= 0.3 is 0 Å². The number of nitrogens with one attached hydrogen (secondary N) is 1. The lowest BCUT2D eigenvalue weighted by Gasteiger charge is -2.24. The molecule has 2 rings (SSSR count). The number of amides is 2. The largest absolute Gasteiger partial charge is 0.358 e. The first-order chi connectivity index (χ1) is 12.9. The van der Waals surface area contributed by atoms with Crippen molar-refractivity contribution in [3.63, 3.8) is 0 Å². The van der Waals surface area contributed by atoms with Gasteiger partial charge in [-0.2, -0.15) is 0 Å². The van der Waals surface area contributed by atoms with Crippen LogP contribution in [0.15, 0.2) is 24.3 Å². The summed E-state index contributed by atoms with van der Waals surface area (Å²) >= 11 is 0. The van der Waals surface area contributed by atoms with E-state index in [0.717, 1.165) is 0 Å². The highest BCUT2D eigenvalue weighted by Gasteiger charge is 2.23. The second-order valence-corrected chi connectivity index (χ2v) is 8.13. The van der Waals surface area contributed by atoms with E-state index < -0.39 is 0 Å². The Morgan fingerprint density at radius 2 is 1.78 bits per heavy atom. The van der Waals surface area contributed by atoms with Crippen LogP contribution in [-0.2, 0) is 9.59 Å². The Bertz CT molecular complexity index is 606. The van der Waals surface area contributed by atoms with E-state index in [1.54, 1.807) is 14.1 Å². The Morgan fingerprint density at radius 3 is 2.33 bits per heavy atom. The van der Waals surface area contributed by atoms with Gasteiger partial charge in [0.2, 0.25) is 5.91 Å². The summed E-state index contributed by atoms with van der Waals surface area (Å²) in [4.78, 5) is 25.3. The van der Waals surface area contributed by atoms with Gasteiger partial charge in [-0.1, -0.05) is 57.4 Å². The Labute approximate surface area is 163 Å². The highest BCUT2D eigenvalue weighted by molar-refractivity contribution is 5.84. The van der Waals surface area contributed by atoms with Crippen molar-refractivity contribution in [2.24, 2.45) is 5.92 Å². The molecule has 5 nitrogen and oxygen atoms in total. The lowest BCUT2D eigenvalue weighted by atomic mass is 9.83. The summed E-state index contributed by atoms with van der Waals surface area (Å²) in [6.45, 7) is 4.83. The van der Waals surface area contributed by atoms with Crippen LogP contribution in [0, 0.1) is 5.92 Å². The topological polar surface area (TPSA) is 66.0 Å². The van der Waals surface area contributed by atoms with Crippen molar-refractivity contribution in [2.75, 3.05) is 27.2 Å². The molecule has 0 saturated heterocycles. The minimum absolute atomic E-state index is 0.0249. The van der Waals surface area contributed by atoms with Gasteiger partial charge in [-0.15, -0.1) is 0 Å². The lowest BCUT2D eigenvalue weighted by Crippen LogP contribution is -2.88. The van der Waals surface area contributed by atoms with Gasteiger partial charge in [0.1, 0.15) is 6.04 Å². The van der Waals surface area contributed by atoms with Crippen molar-refractivity contribution in [1.82, 2.24) is 10.2 Å². The highest BCUT2D eigenvalue weighted by atomic mass is 16.2. The van der Waals surface area contributed by atoms with E-state index in [-0.39, 0.29) is 24.4 Å². The van der Waals surface area contributed by atoms with Gasteiger partial charge in [0.25, 0.3) is 5.91 Å². The quantitative estimate of drug-likeness (QED) is 0.733. The number of likely N-dealkylation sites (N-methyl/N-ethyl adjacent to an activating group) is 2. The smallest absolute Gasteiger partial charge is 0.277 e. The molecule has 1 aliphatic carbocycles. The summed E-state index contributed by atoms with van der Waals surface area (Å²) in [5.74, 6) is 0.962. The van der Waals surface area contributed by atoms with Gasteiger partial charge in [-0.05, 0) is 24.3 Å². The number of quaternary nitrogens is 1. The molecular weight excluding hydrogens is 338 g/mol. The average molecular weight is 375 g/mol. The predicted molar refractivity (Wildman–Crippen MR) is 108 cm³/mol. The fourth-order valence-electron chi connectivity index (χ4n) is 3.99. The normalized spacial score (nSPS) is 16.2. The van der Waals surface area contributed by atoms with Crippen LogP contribution in [-0.4, -0.2) is 43.9 Å². The minimum atomic E-state index is -0.149. The molecule has 1 saturated carbocycles. The third-order valence-electron chi connectivity index (χ3n) is 5.75. The third kappa shape index (κ3) is 6.35. The van der Waals surface area contributed by atoms with Crippen molar-refractivity contribution in [2.45, 2.75) is 57.9 Å². The first-order valence-electron chi connectivity index (χ1n) is 10.3. The molecule has 0 heterocycles. The fraction of sp³-hybridized carbons (Fsp3) is 0.636. The molecule has 0 aromatic heterocycles. The number of rotatable bonds is 8. The summed E-state index contributed by atoms with van der Waals surface area (Å²) in [7, 11) is 3.26. The van der Waals surface area contributed by atoms with E-state index >= 15 is 0 Å². The Balaban J connectivity index is 1.96. The molecule has 1 aromatic carbocycles. The number of carbonyl (C=O) groups is 2. The zero-order chi connectivity index (χ0) is 19.8. The molecule has 1 aromatic rings. The molecule has 0 aliphatic heterocycles. The van der Waals surface area contributed by atoms with Crippen LogP contribution in [0.3, 0.4) is 0 Å². The predicted octanol–water partition coefficient (Wildman–Crippen LogP) is 2.20. The van der Waals surface area contributed by atoms with E-state index in [0.29, 0.717) is 18.4 Å². The second-order valence-electron chi connectivity index (χ2n) is 8.13. The van der Waals surface area contributed by atoms with Crippen LogP contribution in [0.1, 0.15) is 69.0 Å². The minimum Gasteiger partial charge on any atom is -0.358 e. The molecule has 0 bridgehead atoms. The number of hydrogen-bond donors (Lipinski definition) is 2. The number of nitrogens with zero attached hydrogens (tertiary/aromatic N) is 1. The SMILES string of the molecule is CNC(=O)CN(C)C(=O)C[NH2+][C@H](c1ccc(C2CCCCC2)cc1)C(C)C. The maximum absolute atomic E-state index is 12.3. The van der Waals surface area contributed by atoms with Gasteiger partial charge in [0, 0.05) is 25.6 Å². The zero-order valence-corrected chi connectivity index (χ0v) is 17.3. The summed E-state index contributed by atoms with van der Waals surface area (Å²) in [5, 5.41) is 4.65. The molecule has 27 heavy (non-hydrogen) atoms. The summed E-state index contributed by atoms with van der Waals surface area (Å²) in [6.07, 6.45) is 6.69. The Morgan fingerprint density at radius 1 is 1.15 bits per heavy atom. The highest BCUT2D eigenvalue weighted by Crippen LogP contribution is 2.33.